The van der Waals surface area contributed by atoms with Crippen molar-refractivity contribution in [2.24, 2.45) is 11.8 Å². The maximum atomic E-state index is 12.0. The van der Waals surface area contributed by atoms with Crippen molar-refractivity contribution in [1.82, 2.24) is 15.2 Å². The Morgan fingerprint density at radius 3 is 2.90 bits per heavy atom. The Morgan fingerprint density at radius 1 is 1.60 bits per heavy atom. The number of hydrogen-bond donors (Lipinski definition) is 2. The van der Waals surface area contributed by atoms with Crippen molar-refractivity contribution in [2.75, 3.05) is 19.6 Å². The Labute approximate surface area is 121 Å². The molecular formula is C13H19N3O3S. The maximum Gasteiger partial charge on any atom is 0.317 e. The summed E-state index contributed by atoms with van der Waals surface area (Å²) in [4.78, 5) is 28.9. The minimum atomic E-state index is -0.830. The van der Waals surface area contributed by atoms with Crippen molar-refractivity contribution in [3.63, 3.8) is 0 Å². The van der Waals surface area contributed by atoms with Crippen LogP contribution < -0.4 is 5.32 Å². The maximum absolute atomic E-state index is 12.0. The highest BCUT2D eigenvalue weighted by atomic mass is 32.1. The molecule has 6 nitrogen and oxygen atoms in total. The molecule has 0 aliphatic carbocycles. The Kier molecular flexibility index (Phi) is 4.59. The van der Waals surface area contributed by atoms with Gasteiger partial charge in [0.15, 0.2) is 0 Å². The molecule has 0 bridgehead atoms. The van der Waals surface area contributed by atoms with E-state index in [4.69, 9.17) is 5.11 Å². The molecule has 0 saturated carbocycles. The molecule has 1 aliphatic heterocycles. The van der Waals surface area contributed by atoms with Crippen molar-refractivity contribution < 1.29 is 14.7 Å². The molecule has 1 saturated heterocycles. The minimum absolute atomic E-state index is 0.00497. The number of aliphatic carboxylic acids is 1. The smallest absolute Gasteiger partial charge is 0.317 e. The third-order valence-corrected chi connectivity index (χ3v) is 4.66. The summed E-state index contributed by atoms with van der Waals surface area (Å²) in [6.07, 6.45) is 1.75. The van der Waals surface area contributed by atoms with Crippen LogP contribution in [0.5, 0.6) is 0 Å². The number of amides is 2. The molecule has 1 aromatic heterocycles. The average molecular weight is 297 g/mol. The van der Waals surface area contributed by atoms with E-state index < -0.39 is 11.9 Å². The standard InChI is InChI=1S/C13H19N3O3S/c1-8(11-14-3-4-20-11)5-15-13(19)16-6-9(2)10(7-16)12(17)18/h3-4,8-10H,5-7H2,1-2H3,(H,15,19)(H,17,18)/t8?,9-,10-/m1/s1. The van der Waals surface area contributed by atoms with Gasteiger partial charge in [-0.25, -0.2) is 9.78 Å². The van der Waals surface area contributed by atoms with Gasteiger partial charge < -0.3 is 15.3 Å². The van der Waals surface area contributed by atoms with E-state index in [1.807, 2.05) is 19.2 Å². The highest BCUT2D eigenvalue weighted by Crippen LogP contribution is 2.23. The van der Waals surface area contributed by atoms with Gasteiger partial charge in [-0.3, -0.25) is 4.79 Å². The summed E-state index contributed by atoms with van der Waals surface area (Å²) in [5.74, 6) is -1.13. The number of urea groups is 1. The second-order valence-electron chi connectivity index (χ2n) is 5.28. The molecule has 3 atom stereocenters. The highest BCUT2D eigenvalue weighted by Gasteiger charge is 2.36. The van der Waals surface area contributed by atoms with Gasteiger partial charge >= 0.3 is 12.0 Å². The van der Waals surface area contributed by atoms with Gasteiger partial charge in [0.05, 0.1) is 10.9 Å². The quantitative estimate of drug-likeness (QED) is 0.884. The van der Waals surface area contributed by atoms with E-state index in [0.717, 1.165) is 5.01 Å². The molecule has 2 heterocycles. The first-order valence-corrected chi connectivity index (χ1v) is 7.52. The predicted molar refractivity (Wildman–Crippen MR) is 75.8 cm³/mol. The van der Waals surface area contributed by atoms with E-state index in [2.05, 4.69) is 10.3 Å². The van der Waals surface area contributed by atoms with E-state index in [-0.39, 0.29) is 24.4 Å². The first-order chi connectivity index (χ1) is 9.49. The Bertz CT molecular complexity index is 477. The van der Waals surface area contributed by atoms with Gasteiger partial charge in [-0.05, 0) is 5.92 Å². The third-order valence-electron chi connectivity index (χ3n) is 3.65. The fourth-order valence-electron chi connectivity index (χ4n) is 2.37. The lowest BCUT2D eigenvalue weighted by Crippen LogP contribution is -2.40. The topological polar surface area (TPSA) is 82.5 Å². The number of nitrogens with zero attached hydrogens (tertiary/aromatic N) is 2. The third kappa shape index (κ3) is 3.27. The molecule has 1 aliphatic rings. The number of nitrogens with one attached hydrogen (secondary N) is 1. The van der Waals surface area contributed by atoms with Crippen LogP contribution in [-0.2, 0) is 4.79 Å². The van der Waals surface area contributed by atoms with Crippen LogP contribution in [0.1, 0.15) is 24.8 Å². The van der Waals surface area contributed by atoms with Crippen molar-refractivity contribution in [1.29, 1.82) is 0 Å². The summed E-state index contributed by atoms with van der Waals surface area (Å²) in [5.41, 5.74) is 0. The molecule has 110 valence electrons. The summed E-state index contributed by atoms with van der Waals surface area (Å²) in [7, 11) is 0. The normalized spacial score (nSPS) is 23.6. The minimum Gasteiger partial charge on any atom is -0.481 e. The molecule has 1 unspecified atom stereocenters. The van der Waals surface area contributed by atoms with Crippen LogP contribution in [0.15, 0.2) is 11.6 Å². The molecule has 2 rings (SSSR count). The Balaban J connectivity index is 1.83. The lowest BCUT2D eigenvalue weighted by atomic mass is 9.99. The van der Waals surface area contributed by atoms with Gasteiger partial charge in [-0.1, -0.05) is 13.8 Å². The monoisotopic (exact) mass is 297 g/mol. The molecule has 2 amide bonds. The molecule has 0 radical (unpaired) electrons. The highest BCUT2D eigenvalue weighted by molar-refractivity contribution is 7.09. The molecule has 7 heteroatoms. The zero-order chi connectivity index (χ0) is 14.7. The van der Waals surface area contributed by atoms with Crippen LogP contribution in [-0.4, -0.2) is 46.6 Å². The van der Waals surface area contributed by atoms with Crippen molar-refractivity contribution in [2.45, 2.75) is 19.8 Å². The number of likely N-dealkylation sites (tertiary alicyclic amines) is 1. The van der Waals surface area contributed by atoms with Crippen LogP contribution in [0.25, 0.3) is 0 Å². The van der Waals surface area contributed by atoms with E-state index in [9.17, 15) is 9.59 Å². The van der Waals surface area contributed by atoms with Crippen LogP contribution >= 0.6 is 11.3 Å². The number of rotatable bonds is 4. The second-order valence-corrected chi connectivity index (χ2v) is 6.21. The first-order valence-electron chi connectivity index (χ1n) is 6.64. The molecule has 1 fully saturated rings. The number of carbonyl (C=O) groups excluding carboxylic acids is 1. The number of hydrogen-bond acceptors (Lipinski definition) is 4. The number of carbonyl (C=O) groups is 2. The number of carboxylic acid groups (broad SMARTS) is 1. The van der Waals surface area contributed by atoms with Crippen molar-refractivity contribution in [3.05, 3.63) is 16.6 Å². The fourth-order valence-corrected chi connectivity index (χ4v) is 3.07. The summed E-state index contributed by atoms with van der Waals surface area (Å²) >= 11 is 1.57. The molecule has 0 aromatic carbocycles. The SMILES string of the molecule is CC(CNC(=O)N1C[C@@H](C)[C@H](C(=O)O)C1)c1nccs1. The lowest BCUT2D eigenvalue weighted by molar-refractivity contribution is -0.142. The largest absolute Gasteiger partial charge is 0.481 e. The summed E-state index contributed by atoms with van der Waals surface area (Å²) in [5, 5.41) is 14.8. The van der Waals surface area contributed by atoms with Gasteiger partial charge in [0.25, 0.3) is 0 Å². The van der Waals surface area contributed by atoms with Gasteiger partial charge in [-0.15, -0.1) is 11.3 Å². The molecular weight excluding hydrogens is 278 g/mol. The lowest BCUT2D eigenvalue weighted by Gasteiger charge is -2.18. The van der Waals surface area contributed by atoms with E-state index >= 15 is 0 Å². The molecule has 0 spiro atoms. The first kappa shape index (κ1) is 14.8. The summed E-state index contributed by atoms with van der Waals surface area (Å²) in [6, 6.07) is -0.191. The van der Waals surface area contributed by atoms with Crippen LogP contribution in [0.3, 0.4) is 0 Å². The number of carboxylic acids is 1. The van der Waals surface area contributed by atoms with Crippen molar-refractivity contribution in [3.8, 4) is 0 Å². The van der Waals surface area contributed by atoms with Gasteiger partial charge in [0.1, 0.15) is 0 Å². The summed E-state index contributed by atoms with van der Waals surface area (Å²) < 4.78 is 0. The van der Waals surface area contributed by atoms with E-state index in [1.165, 1.54) is 0 Å². The summed E-state index contributed by atoms with van der Waals surface area (Å²) in [6.45, 7) is 5.16. The zero-order valence-corrected chi connectivity index (χ0v) is 12.4. The number of aromatic nitrogens is 1. The van der Waals surface area contributed by atoms with Crippen molar-refractivity contribution >= 4 is 23.3 Å². The second kappa shape index (κ2) is 6.21. The average Bonchev–Trinajstić information content (AvgIpc) is 3.04. The van der Waals surface area contributed by atoms with Gasteiger partial charge in [0.2, 0.25) is 0 Å². The zero-order valence-electron chi connectivity index (χ0n) is 11.6. The van der Waals surface area contributed by atoms with Gasteiger partial charge in [0, 0.05) is 37.1 Å². The fraction of sp³-hybridized carbons (Fsp3) is 0.615. The molecule has 1 aromatic rings. The Morgan fingerprint density at radius 2 is 2.35 bits per heavy atom. The van der Waals surface area contributed by atoms with Crippen LogP contribution in [0.2, 0.25) is 0 Å². The molecule has 2 N–H and O–H groups in total. The van der Waals surface area contributed by atoms with Crippen LogP contribution in [0.4, 0.5) is 4.79 Å². The van der Waals surface area contributed by atoms with E-state index in [0.29, 0.717) is 13.1 Å². The predicted octanol–water partition coefficient (Wildman–Crippen LogP) is 1.61. The molecule has 20 heavy (non-hydrogen) atoms. The van der Waals surface area contributed by atoms with E-state index in [1.54, 1.807) is 22.4 Å². The Hall–Kier alpha value is -1.63. The van der Waals surface area contributed by atoms with Crippen LogP contribution in [0, 0.1) is 11.8 Å². The van der Waals surface area contributed by atoms with Gasteiger partial charge in [-0.2, -0.15) is 0 Å². The number of thiazole rings is 1.